The zero-order valence-corrected chi connectivity index (χ0v) is 16.3. The molecule has 0 bridgehead atoms. The van der Waals surface area contributed by atoms with Crippen LogP contribution in [-0.4, -0.2) is 23.5 Å². The Morgan fingerprint density at radius 1 is 0.923 bits per heavy atom. The molecule has 0 saturated carbocycles. The molecule has 0 aromatic carbocycles. The fraction of sp³-hybridized carbons (Fsp3) is 0.545. The molecule has 2 heterocycles. The molecule has 0 saturated heterocycles. The van der Waals surface area contributed by atoms with Crippen LogP contribution in [0.4, 0.5) is 0 Å². The van der Waals surface area contributed by atoms with E-state index in [0.717, 1.165) is 35.4 Å². The molecule has 0 fully saturated rings. The van der Waals surface area contributed by atoms with Crippen LogP contribution in [0.3, 0.4) is 0 Å². The standard InChI is InChI=1S/C22H27NO3/c1-21(2)9-13-18(15(24)11-21)20(17-7-6-8-26-17)19-14(23(13)5)10-22(3,4)12-16(19)25/h6-8,20H,9-12H2,1-5H3. The van der Waals surface area contributed by atoms with E-state index in [0.29, 0.717) is 18.6 Å². The highest BCUT2D eigenvalue weighted by Crippen LogP contribution is 2.53. The number of rotatable bonds is 1. The summed E-state index contributed by atoms with van der Waals surface area (Å²) in [5, 5.41) is 0. The fourth-order valence-corrected chi connectivity index (χ4v) is 4.90. The molecule has 1 aromatic heterocycles. The van der Waals surface area contributed by atoms with Gasteiger partial charge in [-0.3, -0.25) is 9.59 Å². The number of ketones is 2. The third kappa shape index (κ3) is 2.58. The van der Waals surface area contributed by atoms with Crippen LogP contribution in [0.25, 0.3) is 0 Å². The Hall–Kier alpha value is -2.10. The van der Waals surface area contributed by atoms with Crippen LogP contribution >= 0.6 is 0 Å². The van der Waals surface area contributed by atoms with Crippen LogP contribution in [0.15, 0.2) is 45.4 Å². The lowest BCUT2D eigenvalue weighted by Crippen LogP contribution is -2.43. The molecule has 3 aliphatic rings. The van der Waals surface area contributed by atoms with Crippen LogP contribution in [-0.2, 0) is 9.59 Å². The zero-order valence-electron chi connectivity index (χ0n) is 16.3. The van der Waals surface area contributed by atoms with E-state index in [1.54, 1.807) is 6.26 Å². The Morgan fingerprint density at radius 3 is 1.85 bits per heavy atom. The van der Waals surface area contributed by atoms with Crippen LogP contribution in [0.2, 0.25) is 0 Å². The van der Waals surface area contributed by atoms with E-state index in [1.165, 1.54) is 0 Å². The van der Waals surface area contributed by atoms with Gasteiger partial charge in [0.25, 0.3) is 0 Å². The molecule has 1 aliphatic heterocycles. The van der Waals surface area contributed by atoms with Gasteiger partial charge in [0, 0.05) is 42.4 Å². The minimum absolute atomic E-state index is 0.0653. The Morgan fingerprint density at radius 2 is 1.42 bits per heavy atom. The van der Waals surface area contributed by atoms with Crippen LogP contribution in [0.1, 0.15) is 65.1 Å². The number of carbonyl (C=O) groups is 2. The molecule has 4 heteroatoms. The smallest absolute Gasteiger partial charge is 0.162 e. The second-order valence-electron chi connectivity index (χ2n) is 9.61. The average Bonchev–Trinajstić information content (AvgIpc) is 3.01. The van der Waals surface area contributed by atoms with Crippen molar-refractivity contribution in [3.05, 3.63) is 46.7 Å². The predicted molar refractivity (Wildman–Crippen MR) is 99.3 cm³/mol. The number of carbonyl (C=O) groups excluding carboxylic acids is 2. The van der Waals surface area contributed by atoms with E-state index in [9.17, 15) is 9.59 Å². The van der Waals surface area contributed by atoms with Crippen LogP contribution in [0, 0.1) is 10.8 Å². The molecule has 26 heavy (non-hydrogen) atoms. The van der Waals surface area contributed by atoms with Crippen molar-refractivity contribution in [3.63, 3.8) is 0 Å². The highest BCUT2D eigenvalue weighted by Gasteiger charge is 2.48. The SMILES string of the molecule is CN1C2=C(C(=O)CC(C)(C)C2)C(c2ccco2)C2=C1CC(C)(C)CC2=O. The molecule has 0 spiro atoms. The third-order valence-electron chi connectivity index (χ3n) is 6.01. The molecule has 4 rings (SSSR count). The number of allylic oxidation sites excluding steroid dienone is 4. The number of furan rings is 1. The van der Waals surface area contributed by atoms with Crippen molar-refractivity contribution >= 4 is 11.6 Å². The molecule has 0 N–H and O–H groups in total. The number of nitrogens with zero attached hydrogens (tertiary/aromatic N) is 1. The van der Waals surface area contributed by atoms with Gasteiger partial charge in [0.2, 0.25) is 0 Å². The maximum absolute atomic E-state index is 13.1. The molecular weight excluding hydrogens is 326 g/mol. The van der Waals surface area contributed by atoms with E-state index in [-0.39, 0.29) is 28.3 Å². The van der Waals surface area contributed by atoms with Crippen molar-refractivity contribution < 1.29 is 14.0 Å². The van der Waals surface area contributed by atoms with Crippen molar-refractivity contribution in [3.8, 4) is 0 Å². The Kier molecular flexibility index (Phi) is 3.63. The molecule has 138 valence electrons. The van der Waals surface area contributed by atoms with Gasteiger partial charge in [0.15, 0.2) is 11.6 Å². The first-order chi connectivity index (χ1) is 12.1. The lowest BCUT2D eigenvalue weighted by atomic mass is 9.64. The molecule has 1 aromatic rings. The highest BCUT2D eigenvalue weighted by molar-refractivity contribution is 6.06. The highest BCUT2D eigenvalue weighted by atomic mass is 16.3. The molecule has 0 atom stereocenters. The average molecular weight is 353 g/mol. The first kappa shape index (κ1) is 17.3. The van der Waals surface area contributed by atoms with E-state index >= 15 is 0 Å². The second-order valence-corrected chi connectivity index (χ2v) is 9.61. The summed E-state index contributed by atoms with van der Waals surface area (Å²) in [5.74, 6) is 0.653. The third-order valence-corrected chi connectivity index (χ3v) is 6.01. The van der Waals surface area contributed by atoms with Gasteiger partial charge < -0.3 is 9.32 Å². The van der Waals surface area contributed by atoms with Gasteiger partial charge in [0.05, 0.1) is 12.2 Å². The Bertz CT molecular complexity index is 798. The summed E-state index contributed by atoms with van der Waals surface area (Å²) in [6, 6.07) is 3.73. The van der Waals surface area contributed by atoms with Crippen LogP contribution < -0.4 is 0 Å². The molecule has 0 amide bonds. The van der Waals surface area contributed by atoms with Crippen molar-refractivity contribution in [1.82, 2.24) is 4.90 Å². The summed E-state index contributed by atoms with van der Waals surface area (Å²) in [6.45, 7) is 8.57. The summed E-state index contributed by atoms with van der Waals surface area (Å²) in [4.78, 5) is 28.4. The lowest BCUT2D eigenvalue weighted by molar-refractivity contribution is -0.119. The summed E-state index contributed by atoms with van der Waals surface area (Å²) in [6.07, 6.45) is 4.33. The largest absolute Gasteiger partial charge is 0.468 e. The summed E-state index contributed by atoms with van der Waals surface area (Å²) in [7, 11) is 2.02. The van der Waals surface area contributed by atoms with Crippen molar-refractivity contribution in [2.75, 3.05) is 7.05 Å². The quantitative estimate of drug-likeness (QED) is 0.741. The molecule has 0 radical (unpaired) electrons. The summed E-state index contributed by atoms with van der Waals surface area (Å²) < 4.78 is 5.72. The van der Waals surface area contributed by atoms with Gasteiger partial charge in [-0.1, -0.05) is 27.7 Å². The van der Waals surface area contributed by atoms with Gasteiger partial charge in [-0.15, -0.1) is 0 Å². The fourth-order valence-electron chi connectivity index (χ4n) is 4.90. The van der Waals surface area contributed by atoms with E-state index in [1.807, 2.05) is 19.2 Å². The number of hydrogen-bond acceptors (Lipinski definition) is 4. The molecule has 0 unspecified atom stereocenters. The van der Waals surface area contributed by atoms with Crippen molar-refractivity contribution in [2.24, 2.45) is 10.8 Å². The minimum Gasteiger partial charge on any atom is -0.468 e. The Balaban J connectivity index is 1.95. The van der Waals surface area contributed by atoms with Crippen molar-refractivity contribution in [1.29, 1.82) is 0 Å². The normalized spacial score (nSPS) is 25.5. The predicted octanol–water partition coefficient (Wildman–Crippen LogP) is 4.60. The maximum atomic E-state index is 13.1. The van der Waals surface area contributed by atoms with Gasteiger partial charge in [-0.05, 0) is 35.8 Å². The first-order valence-electron chi connectivity index (χ1n) is 9.39. The zero-order chi connectivity index (χ0) is 18.9. The summed E-state index contributed by atoms with van der Waals surface area (Å²) >= 11 is 0. The number of Topliss-reactive ketones (excluding diaryl/α,β-unsaturated/α-hetero) is 2. The van der Waals surface area contributed by atoms with Gasteiger partial charge in [-0.2, -0.15) is 0 Å². The van der Waals surface area contributed by atoms with Gasteiger partial charge in [0.1, 0.15) is 5.76 Å². The lowest BCUT2D eigenvalue weighted by Gasteiger charge is -2.47. The molecular formula is C22H27NO3. The van der Waals surface area contributed by atoms with E-state index in [2.05, 4.69) is 32.6 Å². The summed E-state index contributed by atoms with van der Waals surface area (Å²) in [5.41, 5.74) is 3.55. The number of hydrogen-bond donors (Lipinski definition) is 0. The van der Waals surface area contributed by atoms with E-state index < -0.39 is 0 Å². The van der Waals surface area contributed by atoms with Crippen molar-refractivity contribution in [2.45, 2.75) is 59.3 Å². The maximum Gasteiger partial charge on any atom is 0.162 e. The van der Waals surface area contributed by atoms with E-state index in [4.69, 9.17) is 4.42 Å². The molecule has 4 nitrogen and oxygen atoms in total. The first-order valence-corrected chi connectivity index (χ1v) is 9.39. The van der Waals surface area contributed by atoms with Gasteiger partial charge >= 0.3 is 0 Å². The second kappa shape index (κ2) is 5.45. The van der Waals surface area contributed by atoms with Gasteiger partial charge in [-0.25, -0.2) is 0 Å². The minimum atomic E-state index is -0.349. The topological polar surface area (TPSA) is 50.5 Å². The molecule has 2 aliphatic carbocycles. The Labute approximate surface area is 154 Å². The monoisotopic (exact) mass is 353 g/mol. The van der Waals surface area contributed by atoms with Crippen LogP contribution in [0.5, 0.6) is 0 Å².